The summed E-state index contributed by atoms with van der Waals surface area (Å²) in [5.74, 6) is -1.60. The number of hydrazone groups is 1. The molecule has 0 heterocycles. The van der Waals surface area contributed by atoms with Crippen LogP contribution in [0.2, 0.25) is 5.02 Å². The van der Waals surface area contributed by atoms with Gasteiger partial charge in [0.05, 0.1) is 16.9 Å². The van der Waals surface area contributed by atoms with E-state index in [1.807, 2.05) is 0 Å². The number of rotatable bonds is 6. The molecule has 152 valence electrons. The molecular formula is C22H17ClFN3O3. The molecule has 0 bridgehead atoms. The van der Waals surface area contributed by atoms with Crippen LogP contribution in [0.15, 0.2) is 77.9 Å². The van der Waals surface area contributed by atoms with Gasteiger partial charge in [0.2, 0.25) is 0 Å². The van der Waals surface area contributed by atoms with E-state index in [9.17, 15) is 14.0 Å². The Balaban J connectivity index is 1.49. The smallest absolute Gasteiger partial charge is 0.329 e. The van der Waals surface area contributed by atoms with Crippen molar-refractivity contribution in [2.45, 2.75) is 6.61 Å². The number of benzene rings is 3. The molecule has 0 aliphatic carbocycles. The first-order valence-electron chi connectivity index (χ1n) is 8.88. The number of ether oxygens (including phenoxy) is 1. The van der Waals surface area contributed by atoms with Crippen molar-refractivity contribution < 1.29 is 18.7 Å². The number of anilines is 1. The Morgan fingerprint density at radius 1 is 0.967 bits per heavy atom. The quantitative estimate of drug-likeness (QED) is 0.354. The molecule has 0 aliphatic heterocycles. The van der Waals surface area contributed by atoms with Gasteiger partial charge in [0.15, 0.2) is 0 Å². The van der Waals surface area contributed by atoms with E-state index in [0.717, 1.165) is 0 Å². The monoisotopic (exact) mass is 425 g/mol. The van der Waals surface area contributed by atoms with Gasteiger partial charge in [-0.3, -0.25) is 9.59 Å². The fourth-order valence-electron chi connectivity index (χ4n) is 2.38. The first-order chi connectivity index (χ1) is 14.5. The number of nitrogens with zero attached hydrogens (tertiary/aromatic N) is 1. The average Bonchev–Trinajstić information content (AvgIpc) is 2.75. The normalized spacial score (nSPS) is 10.6. The fourth-order valence-corrected chi connectivity index (χ4v) is 2.57. The predicted octanol–water partition coefficient (Wildman–Crippen LogP) is 4.15. The van der Waals surface area contributed by atoms with Crippen molar-refractivity contribution >= 4 is 35.3 Å². The van der Waals surface area contributed by atoms with Gasteiger partial charge in [0, 0.05) is 5.56 Å². The van der Waals surface area contributed by atoms with E-state index in [0.29, 0.717) is 27.6 Å². The van der Waals surface area contributed by atoms with Crippen LogP contribution in [0.3, 0.4) is 0 Å². The average molecular weight is 426 g/mol. The number of halogens is 2. The molecule has 0 radical (unpaired) electrons. The highest BCUT2D eigenvalue weighted by Crippen LogP contribution is 2.20. The van der Waals surface area contributed by atoms with Crippen molar-refractivity contribution in [3.63, 3.8) is 0 Å². The molecule has 2 amide bonds. The van der Waals surface area contributed by atoms with Gasteiger partial charge in [-0.25, -0.2) is 9.82 Å². The van der Waals surface area contributed by atoms with Gasteiger partial charge in [0.1, 0.15) is 18.2 Å². The molecule has 0 saturated carbocycles. The lowest BCUT2D eigenvalue weighted by Crippen LogP contribution is -2.32. The van der Waals surface area contributed by atoms with Gasteiger partial charge in [0.25, 0.3) is 0 Å². The molecule has 0 aliphatic rings. The van der Waals surface area contributed by atoms with Gasteiger partial charge in [-0.15, -0.1) is 0 Å². The van der Waals surface area contributed by atoms with Gasteiger partial charge >= 0.3 is 11.8 Å². The maximum absolute atomic E-state index is 13.6. The summed E-state index contributed by atoms with van der Waals surface area (Å²) in [5, 5.41) is 6.47. The predicted molar refractivity (Wildman–Crippen MR) is 113 cm³/mol. The third kappa shape index (κ3) is 5.89. The summed E-state index contributed by atoms with van der Waals surface area (Å²) in [6.45, 7) is 0.108. The van der Waals surface area contributed by atoms with Gasteiger partial charge in [-0.05, 0) is 48.0 Å². The van der Waals surface area contributed by atoms with Crippen molar-refractivity contribution in [2.75, 3.05) is 5.32 Å². The summed E-state index contributed by atoms with van der Waals surface area (Å²) in [6, 6.07) is 19.7. The molecule has 0 saturated heterocycles. The molecule has 3 aromatic carbocycles. The van der Waals surface area contributed by atoms with Gasteiger partial charge in [-0.2, -0.15) is 5.10 Å². The number of hydrogen-bond acceptors (Lipinski definition) is 4. The maximum Gasteiger partial charge on any atom is 0.329 e. The Morgan fingerprint density at radius 3 is 2.40 bits per heavy atom. The Labute approximate surface area is 177 Å². The maximum atomic E-state index is 13.6. The van der Waals surface area contributed by atoms with E-state index >= 15 is 0 Å². The van der Waals surface area contributed by atoms with Crippen molar-refractivity contribution in [1.29, 1.82) is 0 Å². The lowest BCUT2D eigenvalue weighted by Gasteiger charge is -2.07. The number of nitrogens with one attached hydrogen (secondary N) is 2. The summed E-state index contributed by atoms with van der Waals surface area (Å²) in [5.41, 5.74) is 3.59. The number of carbonyl (C=O) groups is 2. The molecule has 3 aromatic rings. The second-order valence-electron chi connectivity index (χ2n) is 6.08. The molecular weight excluding hydrogens is 409 g/mol. The first-order valence-corrected chi connectivity index (χ1v) is 9.26. The summed E-state index contributed by atoms with van der Waals surface area (Å²) in [4.78, 5) is 23.7. The van der Waals surface area contributed by atoms with Crippen LogP contribution in [0.25, 0.3) is 0 Å². The molecule has 30 heavy (non-hydrogen) atoms. The topological polar surface area (TPSA) is 79.8 Å². The summed E-state index contributed by atoms with van der Waals surface area (Å²) >= 11 is 5.93. The zero-order valence-corrected chi connectivity index (χ0v) is 16.4. The lowest BCUT2D eigenvalue weighted by molar-refractivity contribution is -0.136. The Bertz CT molecular complexity index is 1070. The Kier molecular flexibility index (Phi) is 7.13. The zero-order chi connectivity index (χ0) is 21.3. The van der Waals surface area contributed by atoms with E-state index < -0.39 is 11.8 Å². The van der Waals surface area contributed by atoms with E-state index in [-0.39, 0.29) is 12.4 Å². The summed E-state index contributed by atoms with van der Waals surface area (Å²) < 4.78 is 19.1. The Hall–Kier alpha value is -3.71. The fraction of sp³-hybridized carbons (Fsp3) is 0.0455. The highest BCUT2D eigenvalue weighted by atomic mass is 35.5. The minimum atomic E-state index is -0.934. The molecule has 8 heteroatoms. The number of amides is 2. The molecule has 0 aromatic heterocycles. The molecule has 0 spiro atoms. The third-order valence-corrected chi connectivity index (χ3v) is 4.27. The lowest BCUT2D eigenvalue weighted by atomic mass is 10.2. The van der Waals surface area contributed by atoms with E-state index in [1.165, 1.54) is 12.3 Å². The SMILES string of the molecule is O=C(N/N=C/c1ccc(OCc2ccccc2F)cc1)C(=O)Nc1ccccc1Cl. The van der Waals surface area contributed by atoms with Crippen molar-refractivity contribution in [3.8, 4) is 5.75 Å². The molecule has 0 atom stereocenters. The second kappa shape index (κ2) is 10.2. The van der Waals surface area contributed by atoms with E-state index in [1.54, 1.807) is 66.7 Å². The molecule has 3 rings (SSSR count). The minimum Gasteiger partial charge on any atom is -0.489 e. The van der Waals surface area contributed by atoms with E-state index in [2.05, 4.69) is 15.8 Å². The third-order valence-electron chi connectivity index (χ3n) is 3.94. The van der Waals surface area contributed by atoms with Crippen LogP contribution in [0, 0.1) is 5.82 Å². The van der Waals surface area contributed by atoms with Crippen molar-refractivity contribution in [2.24, 2.45) is 5.10 Å². The van der Waals surface area contributed by atoms with Crippen LogP contribution in [0.1, 0.15) is 11.1 Å². The minimum absolute atomic E-state index is 0.108. The van der Waals surface area contributed by atoms with E-state index in [4.69, 9.17) is 16.3 Å². The largest absolute Gasteiger partial charge is 0.489 e. The second-order valence-corrected chi connectivity index (χ2v) is 6.49. The van der Waals surface area contributed by atoms with Gasteiger partial charge < -0.3 is 10.1 Å². The van der Waals surface area contributed by atoms with Crippen LogP contribution in [0.5, 0.6) is 5.75 Å². The molecule has 0 unspecified atom stereocenters. The highest BCUT2D eigenvalue weighted by molar-refractivity contribution is 6.41. The molecule has 6 nitrogen and oxygen atoms in total. The number of hydrogen-bond donors (Lipinski definition) is 2. The number of para-hydroxylation sites is 1. The first kappa shape index (κ1) is 21.0. The van der Waals surface area contributed by atoms with Crippen LogP contribution in [0.4, 0.5) is 10.1 Å². The van der Waals surface area contributed by atoms with Crippen molar-refractivity contribution in [3.05, 3.63) is 94.8 Å². The van der Waals surface area contributed by atoms with Crippen LogP contribution >= 0.6 is 11.6 Å². The highest BCUT2D eigenvalue weighted by Gasteiger charge is 2.14. The van der Waals surface area contributed by atoms with Crippen molar-refractivity contribution in [1.82, 2.24) is 5.43 Å². The molecule has 0 fully saturated rings. The Morgan fingerprint density at radius 2 is 1.67 bits per heavy atom. The summed E-state index contributed by atoms with van der Waals surface area (Å²) in [6.07, 6.45) is 1.38. The summed E-state index contributed by atoms with van der Waals surface area (Å²) in [7, 11) is 0. The van der Waals surface area contributed by atoms with Crippen LogP contribution < -0.4 is 15.5 Å². The standard InChI is InChI=1S/C22H17ClFN3O3/c23-18-6-2-4-8-20(18)26-21(28)22(29)27-25-13-15-9-11-17(12-10-15)30-14-16-5-1-3-7-19(16)24/h1-13H,14H2,(H,26,28)(H,27,29)/b25-13+. The van der Waals surface area contributed by atoms with Crippen LogP contribution in [-0.2, 0) is 16.2 Å². The molecule has 2 N–H and O–H groups in total. The van der Waals surface area contributed by atoms with Crippen LogP contribution in [-0.4, -0.2) is 18.0 Å². The zero-order valence-electron chi connectivity index (χ0n) is 15.6. The number of carbonyl (C=O) groups excluding carboxylic acids is 2. The van der Waals surface area contributed by atoms with Gasteiger partial charge in [-0.1, -0.05) is 41.9 Å².